The van der Waals surface area contributed by atoms with Crippen molar-refractivity contribution in [1.82, 2.24) is 21.3 Å². The monoisotopic (exact) mass is 914 g/mol. The third-order valence-corrected chi connectivity index (χ3v) is 8.07. The van der Waals surface area contributed by atoms with E-state index in [9.17, 15) is 0 Å². The van der Waals surface area contributed by atoms with Crippen LogP contribution in [0.1, 0.15) is 158 Å². The molecule has 49 heavy (non-hydrogen) atoms. The van der Waals surface area contributed by atoms with Gasteiger partial charge in [0, 0.05) is 26.2 Å². The quantitative estimate of drug-likeness (QED) is 0.0323. The van der Waals surface area contributed by atoms with Gasteiger partial charge in [0.2, 0.25) is 0 Å². The van der Waals surface area contributed by atoms with E-state index in [0.717, 1.165) is 49.9 Å². The number of thiocarbonyl (C=S) groups is 4. The Bertz CT molecular complexity index is 622. The van der Waals surface area contributed by atoms with E-state index >= 15 is 0 Å². The Kier molecular flexibility index (Phi) is 57.2. The van der Waals surface area contributed by atoms with Crippen molar-refractivity contribution >= 4 is 117 Å². The standard InChI is InChI=1S/4C9H19NS2.Mo/c4*1-8(2)6-4-3-5-7-10-9(11)12;/h4*8H,3-7H2,1-2H3,(H2,10,11,12);/q;;;;+4/p-4. The summed E-state index contributed by atoms with van der Waals surface area (Å²) in [7, 11) is 0. The number of unbranched alkanes of at least 4 members (excludes halogenated alkanes) is 8. The third-order valence-electron chi connectivity index (χ3n) is 6.91. The van der Waals surface area contributed by atoms with Gasteiger partial charge in [-0.15, -0.1) is 0 Å². The molecule has 0 fully saturated rings. The molecule has 13 heteroatoms. The molecule has 0 aliphatic heterocycles. The molecule has 0 aromatic carbocycles. The zero-order valence-electron chi connectivity index (χ0n) is 32.1. The van der Waals surface area contributed by atoms with E-state index in [0.29, 0.717) is 17.3 Å². The Morgan fingerprint density at radius 2 is 0.510 bits per heavy atom. The number of hydrogen-bond donors (Lipinski definition) is 4. The van der Waals surface area contributed by atoms with E-state index in [1.807, 2.05) is 0 Å². The maximum absolute atomic E-state index is 4.72. The van der Waals surface area contributed by atoms with Gasteiger partial charge < -0.3 is 121 Å². The van der Waals surface area contributed by atoms with Crippen molar-refractivity contribution in [1.29, 1.82) is 0 Å². The van der Waals surface area contributed by atoms with Crippen molar-refractivity contribution in [3.63, 3.8) is 0 Å². The smallest absolute Gasteiger partial charge is 0.412 e. The van der Waals surface area contributed by atoms with E-state index < -0.39 is 0 Å². The maximum Gasteiger partial charge on any atom is 4.00 e. The van der Waals surface area contributed by atoms with E-state index in [4.69, 9.17) is 99.4 Å². The van der Waals surface area contributed by atoms with Gasteiger partial charge in [-0.1, -0.05) is 150 Å². The van der Waals surface area contributed by atoms with Gasteiger partial charge in [-0.2, -0.15) is 0 Å². The second-order valence-electron chi connectivity index (χ2n) is 13.8. The minimum absolute atomic E-state index is 0. The summed E-state index contributed by atoms with van der Waals surface area (Å²) in [6, 6.07) is 0. The number of hydrogen-bond acceptors (Lipinski definition) is 8. The minimum Gasteiger partial charge on any atom is -0.412 e. The minimum atomic E-state index is 0. The van der Waals surface area contributed by atoms with Crippen molar-refractivity contribution in [3.05, 3.63) is 0 Å². The summed E-state index contributed by atoms with van der Waals surface area (Å²) in [5.74, 6) is 3.33. The van der Waals surface area contributed by atoms with Crippen LogP contribution in [-0.4, -0.2) is 43.5 Å². The summed E-state index contributed by atoms with van der Waals surface area (Å²) < 4.78 is 2.00. The van der Waals surface area contributed by atoms with E-state index in [-0.39, 0.29) is 21.1 Å². The Morgan fingerprint density at radius 3 is 0.633 bits per heavy atom. The summed E-state index contributed by atoms with van der Waals surface area (Å²) in [6.07, 6.45) is 20.5. The van der Waals surface area contributed by atoms with Crippen LogP contribution in [0.2, 0.25) is 0 Å². The fourth-order valence-electron chi connectivity index (χ4n) is 4.18. The first-order chi connectivity index (χ1) is 22.5. The van der Waals surface area contributed by atoms with Crippen LogP contribution < -0.4 is 21.3 Å². The predicted octanol–water partition coefficient (Wildman–Crippen LogP) is 10.5. The SMILES string of the molecule is CC(C)CCCCCNC(=S)[S-].CC(C)CCCCCNC(=S)[S-].CC(C)CCCCCNC(=S)[S-].CC(C)CCCCCNC(=S)[S-].[Mo+4]. The van der Waals surface area contributed by atoms with Crippen molar-refractivity contribution in [2.24, 2.45) is 23.7 Å². The average molecular weight is 913 g/mol. The van der Waals surface area contributed by atoms with Gasteiger partial charge in [-0.25, -0.2) is 0 Å². The van der Waals surface area contributed by atoms with Gasteiger partial charge in [-0.3, -0.25) is 0 Å². The summed E-state index contributed by atoms with van der Waals surface area (Å²) in [4.78, 5) is 0. The van der Waals surface area contributed by atoms with Gasteiger partial charge in [0.25, 0.3) is 0 Å². The largest absolute Gasteiger partial charge is 4.00 e. The van der Waals surface area contributed by atoms with Crippen LogP contribution in [0.5, 0.6) is 0 Å². The fourth-order valence-corrected chi connectivity index (χ4v) is 5.00. The fraction of sp³-hybridized carbons (Fsp3) is 0.889. The molecule has 0 aliphatic carbocycles. The van der Waals surface area contributed by atoms with E-state index in [1.54, 1.807) is 0 Å². The molecule has 0 rings (SSSR count). The Hall–Kier alpha value is 1.13. The molecule has 0 aromatic rings. The van der Waals surface area contributed by atoms with Gasteiger partial charge in [-0.05, 0) is 49.4 Å². The zero-order valence-corrected chi connectivity index (χ0v) is 40.7. The second-order valence-corrected chi connectivity index (χ2v) is 18.1. The normalized spacial score (nSPS) is 10.0. The van der Waals surface area contributed by atoms with Crippen LogP contribution in [0.3, 0.4) is 0 Å². The topological polar surface area (TPSA) is 48.1 Å². The molecule has 4 nitrogen and oxygen atoms in total. The molecule has 0 bridgehead atoms. The molecular weight excluding hydrogens is 841 g/mol. The van der Waals surface area contributed by atoms with E-state index in [1.165, 1.54) is 103 Å². The summed E-state index contributed by atoms with van der Waals surface area (Å²) in [6.45, 7) is 21.9. The van der Waals surface area contributed by atoms with Crippen LogP contribution in [0, 0.1) is 23.7 Å². The Labute approximate surface area is 363 Å². The van der Waals surface area contributed by atoms with Gasteiger partial charge in [0.15, 0.2) is 0 Å². The Balaban J connectivity index is -0.000000174. The van der Waals surface area contributed by atoms with Crippen LogP contribution in [0.4, 0.5) is 0 Å². The molecule has 0 saturated carbocycles. The molecule has 290 valence electrons. The van der Waals surface area contributed by atoms with Crippen LogP contribution >= 0.6 is 48.9 Å². The predicted molar refractivity (Wildman–Crippen MR) is 245 cm³/mol. The van der Waals surface area contributed by atoms with E-state index in [2.05, 4.69) is 76.7 Å². The molecule has 0 spiro atoms. The first-order valence-electron chi connectivity index (χ1n) is 18.3. The summed E-state index contributed by atoms with van der Waals surface area (Å²) >= 11 is 37.8. The van der Waals surface area contributed by atoms with Crippen LogP contribution in [0.25, 0.3) is 0 Å². The first-order valence-corrected chi connectivity index (χ1v) is 21.6. The van der Waals surface area contributed by atoms with Crippen LogP contribution in [-0.2, 0) is 71.6 Å². The number of nitrogens with one attached hydrogen (secondary N) is 4. The van der Waals surface area contributed by atoms with Gasteiger partial charge in [0.1, 0.15) is 0 Å². The molecule has 0 aliphatic rings. The molecular formula is C36H72MoN4S8. The molecule has 0 atom stereocenters. The van der Waals surface area contributed by atoms with Crippen molar-refractivity contribution in [2.75, 3.05) is 26.2 Å². The summed E-state index contributed by atoms with van der Waals surface area (Å²) in [5.41, 5.74) is 0. The molecule has 0 heterocycles. The van der Waals surface area contributed by atoms with Gasteiger partial charge >= 0.3 is 21.1 Å². The second kappa shape index (κ2) is 47.1. The van der Waals surface area contributed by atoms with Crippen molar-refractivity contribution < 1.29 is 21.1 Å². The van der Waals surface area contributed by atoms with Crippen molar-refractivity contribution in [2.45, 2.75) is 158 Å². The van der Waals surface area contributed by atoms with Crippen molar-refractivity contribution in [3.8, 4) is 0 Å². The average Bonchev–Trinajstić information content (AvgIpc) is 2.96. The number of rotatable bonds is 24. The van der Waals surface area contributed by atoms with Crippen LogP contribution in [0.15, 0.2) is 0 Å². The molecule has 0 unspecified atom stereocenters. The third kappa shape index (κ3) is 79.2. The first kappa shape index (κ1) is 59.4. The summed E-state index contributed by atoms with van der Waals surface area (Å²) in [5, 5.41) is 11.9. The molecule has 0 saturated heterocycles. The molecule has 0 amide bonds. The maximum atomic E-state index is 4.72. The Morgan fingerprint density at radius 1 is 0.347 bits per heavy atom. The molecule has 4 N–H and O–H groups in total. The zero-order chi connectivity index (χ0) is 37.6. The molecule has 0 aromatic heterocycles. The van der Waals surface area contributed by atoms with Gasteiger partial charge in [0.05, 0.1) is 0 Å². The molecule has 0 radical (unpaired) electrons.